The van der Waals surface area contributed by atoms with Crippen molar-refractivity contribution in [3.63, 3.8) is 0 Å². The number of ketones is 1. The molecular weight excluding hydrogens is 378 g/mol. The van der Waals surface area contributed by atoms with Crippen LogP contribution in [-0.4, -0.2) is 10.2 Å². The summed E-state index contributed by atoms with van der Waals surface area (Å²) in [5, 5.41) is 0. The van der Waals surface area contributed by atoms with E-state index in [1.807, 2.05) is 0 Å². The van der Waals surface area contributed by atoms with Crippen molar-refractivity contribution >= 4 is 27.2 Å². The van der Waals surface area contributed by atoms with E-state index >= 15 is 0 Å². The van der Waals surface area contributed by atoms with Crippen LogP contribution in [0.5, 0.6) is 0 Å². The predicted molar refractivity (Wildman–Crippen MR) is 79.9 cm³/mol. The van der Waals surface area contributed by atoms with Crippen molar-refractivity contribution in [2.45, 2.75) is 6.18 Å². The lowest BCUT2D eigenvalue weighted by molar-refractivity contribution is -0.138. The molecule has 0 radical (unpaired) electrons. The molecule has 0 unspecified atom stereocenters. The molecule has 2 heterocycles. The van der Waals surface area contributed by atoms with Gasteiger partial charge in [-0.3, -0.25) is 4.79 Å². The van der Waals surface area contributed by atoms with E-state index in [9.17, 15) is 22.4 Å². The normalized spacial score (nSPS) is 11.9. The van der Waals surface area contributed by atoms with Gasteiger partial charge in [-0.1, -0.05) is 30.3 Å². The van der Waals surface area contributed by atoms with Crippen LogP contribution in [-0.2, 0) is 6.18 Å². The fraction of sp³-hybridized carbons (Fsp3) is 0.0625. The maximum atomic E-state index is 14.5. The maximum Gasteiger partial charge on any atom is 0.421 e. The minimum atomic E-state index is -4.92. The molecule has 0 fully saturated rings. The lowest BCUT2D eigenvalue weighted by Crippen LogP contribution is -2.09. The summed E-state index contributed by atoms with van der Waals surface area (Å²) >= 11 is 2.99. The summed E-state index contributed by atoms with van der Waals surface area (Å²) in [4.78, 5) is 12.5. The Labute approximate surface area is 136 Å². The van der Waals surface area contributed by atoms with Crippen molar-refractivity contribution in [1.29, 1.82) is 0 Å². The standard InChI is InChI=1S/C16H8BrF4NO/c17-10-7-4-8-22-13(10)11(16(19,20)21)12(18)14(22)15(23)9-5-2-1-3-6-9/h1-8H. The summed E-state index contributed by atoms with van der Waals surface area (Å²) in [6.45, 7) is 0. The number of carbonyl (C=O) groups is 1. The van der Waals surface area contributed by atoms with Crippen LogP contribution in [0.1, 0.15) is 21.6 Å². The van der Waals surface area contributed by atoms with Crippen LogP contribution in [0.4, 0.5) is 17.6 Å². The van der Waals surface area contributed by atoms with Gasteiger partial charge in [0, 0.05) is 16.2 Å². The highest BCUT2D eigenvalue weighted by Gasteiger charge is 2.41. The van der Waals surface area contributed by atoms with Gasteiger partial charge in [0.15, 0.2) is 5.82 Å². The molecule has 2 aromatic heterocycles. The molecule has 0 saturated carbocycles. The van der Waals surface area contributed by atoms with Gasteiger partial charge in [0.05, 0.1) is 5.52 Å². The zero-order valence-corrected chi connectivity index (χ0v) is 13.0. The molecule has 0 bridgehead atoms. The first-order chi connectivity index (χ1) is 10.8. The Morgan fingerprint density at radius 3 is 2.30 bits per heavy atom. The fourth-order valence-electron chi connectivity index (χ4n) is 2.43. The van der Waals surface area contributed by atoms with E-state index in [2.05, 4.69) is 15.9 Å². The topological polar surface area (TPSA) is 21.5 Å². The molecule has 0 N–H and O–H groups in total. The number of carbonyl (C=O) groups excluding carboxylic acids is 1. The smallest absolute Gasteiger partial charge is 0.309 e. The molecule has 23 heavy (non-hydrogen) atoms. The van der Waals surface area contributed by atoms with Gasteiger partial charge < -0.3 is 4.40 Å². The van der Waals surface area contributed by atoms with Crippen LogP contribution >= 0.6 is 15.9 Å². The molecule has 0 aliphatic rings. The number of rotatable bonds is 2. The third-order valence-corrected chi connectivity index (χ3v) is 4.02. The summed E-state index contributed by atoms with van der Waals surface area (Å²) < 4.78 is 55.3. The number of benzene rings is 1. The molecule has 7 heteroatoms. The van der Waals surface area contributed by atoms with Crippen LogP contribution < -0.4 is 0 Å². The van der Waals surface area contributed by atoms with Gasteiger partial charge in [0.25, 0.3) is 0 Å². The van der Waals surface area contributed by atoms with E-state index in [-0.39, 0.29) is 10.0 Å². The predicted octanol–water partition coefficient (Wildman–Crippen LogP) is 5.09. The maximum absolute atomic E-state index is 14.5. The number of aromatic nitrogens is 1. The van der Waals surface area contributed by atoms with Crippen molar-refractivity contribution < 1.29 is 22.4 Å². The Hall–Kier alpha value is -2.15. The minimum absolute atomic E-state index is 0.0540. The zero-order valence-electron chi connectivity index (χ0n) is 11.4. The van der Waals surface area contributed by atoms with Crippen molar-refractivity contribution in [2.75, 3.05) is 0 Å². The Morgan fingerprint density at radius 1 is 1.04 bits per heavy atom. The first kappa shape index (κ1) is 15.7. The molecule has 0 atom stereocenters. The SMILES string of the molecule is O=C(c1ccccc1)c1c(F)c(C(F)(F)F)c2c(Br)cccn12. The second-order valence-electron chi connectivity index (χ2n) is 4.81. The van der Waals surface area contributed by atoms with Crippen LogP contribution in [0.3, 0.4) is 0 Å². The van der Waals surface area contributed by atoms with Crippen molar-refractivity contribution in [1.82, 2.24) is 4.40 Å². The molecule has 1 aromatic carbocycles. The van der Waals surface area contributed by atoms with E-state index in [1.54, 1.807) is 18.2 Å². The van der Waals surface area contributed by atoms with Crippen LogP contribution in [0.25, 0.3) is 5.52 Å². The van der Waals surface area contributed by atoms with Gasteiger partial charge in [-0.2, -0.15) is 13.2 Å². The lowest BCUT2D eigenvalue weighted by atomic mass is 10.1. The molecule has 3 rings (SSSR count). The summed E-state index contributed by atoms with van der Waals surface area (Å²) in [6.07, 6.45) is -3.69. The van der Waals surface area contributed by atoms with Crippen LogP contribution in [0.2, 0.25) is 0 Å². The largest absolute Gasteiger partial charge is 0.421 e. The molecule has 0 amide bonds. The zero-order chi connectivity index (χ0) is 16.8. The second kappa shape index (κ2) is 5.49. The first-order valence-electron chi connectivity index (χ1n) is 6.47. The molecular formula is C16H8BrF4NO. The number of hydrogen-bond acceptors (Lipinski definition) is 1. The van der Waals surface area contributed by atoms with E-state index in [1.165, 1.54) is 30.5 Å². The number of hydrogen-bond donors (Lipinski definition) is 0. The van der Waals surface area contributed by atoms with E-state index in [0.717, 1.165) is 4.40 Å². The van der Waals surface area contributed by atoms with Crippen molar-refractivity contribution in [3.05, 3.63) is 75.8 Å². The average molecular weight is 386 g/mol. The molecule has 118 valence electrons. The number of nitrogens with zero attached hydrogens (tertiary/aromatic N) is 1. The number of pyridine rings is 1. The summed E-state index contributed by atoms with van der Waals surface area (Å²) in [5.74, 6) is -2.38. The fourth-order valence-corrected chi connectivity index (χ4v) is 2.97. The first-order valence-corrected chi connectivity index (χ1v) is 7.26. The van der Waals surface area contributed by atoms with E-state index in [4.69, 9.17) is 0 Å². The third kappa shape index (κ3) is 2.55. The second-order valence-corrected chi connectivity index (χ2v) is 5.66. The Morgan fingerprint density at radius 2 is 1.70 bits per heavy atom. The van der Waals surface area contributed by atoms with E-state index in [0.29, 0.717) is 0 Å². The molecule has 2 nitrogen and oxygen atoms in total. The van der Waals surface area contributed by atoms with Gasteiger partial charge >= 0.3 is 6.18 Å². The van der Waals surface area contributed by atoms with Gasteiger partial charge in [-0.05, 0) is 28.1 Å². The van der Waals surface area contributed by atoms with Crippen LogP contribution in [0.15, 0.2) is 53.1 Å². The minimum Gasteiger partial charge on any atom is -0.309 e. The number of alkyl halides is 3. The van der Waals surface area contributed by atoms with Crippen molar-refractivity contribution in [3.8, 4) is 0 Å². The van der Waals surface area contributed by atoms with Gasteiger partial charge in [0.2, 0.25) is 5.78 Å². The highest BCUT2D eigenvalue weighted by atomic mass is 79.9. The Kier molecular flexibility index (Phi) is 3.75. The summed E-state index contributed by atoms with van der Waals surface area (Å²) in [5.41, 5.74) is -2.40. The number of fused-ring (bicyclic) bond motifs is 1. The van der Waals surface area contributed by atoms with Crippen LogP contribution in [0, 0.1) is 5.82 Å². The molecule has 0 aliphatic heterocycles. The monoisotopic (exact) mass is 385 g/mol. The van der Waals surface area contributed by atoms with Gasteiger partial charge in [0.1, 0.15) is 11.3 Å². The van der Waals surface area contributed by atoms with Gasteiger partial charge in [-0.25, -0.2) is 4.39 Å². The highest BCUT2D eigenvalue weighted by Crippen LogP contribution is 2.40. The quantitative estimate of drug-likeness (QED) is 0.444. The summed E-state index contributed by atoms with van der Waals surface area (Å²) in [6, 6.07) is 10.4. The molecule has 0 saturated heterocycles. The Bertz CT molecular complexity index is 900. The molecule has 3 aromatic rings. The Balaban J connectivity index is 2.37. The molecule has 0 aliphatic carbocycles. The lowest BCUT2D eigenvalue weighted by Gasteiger charge is -2.06. The number of halogens is 5. The van der Waals surface area contributed by atoms with E-state index < -0.39 is 34.6 Å². The van der Waals surface area contributed by atoms with Gasteiger partial charge in [-0.15, -0.1) is 0 Å². The molecule has 0 spiro atoms. The average Bonchev–Trinajstić information content (AvgIpc) is 2.81. The summed E-state index contributed by atoms with van der Waals surface area (Å²) in [7, 11) is 0. The third-order valence-electron chi connectivity index (χ3n) is 3.38. The highest BCUT2D eigenvalue weighted by molar-refractivity contribution is 9.10. The van der Waals surface area contributed by atoms with Crippen molar-refractivity contribution in [2.24, 2.45) is 0 Å².